The van der Waals surface area contributed by atoms with Gasteiger partial charge in [0.15, 0.2) is 5.76 Å². The third-order valence-corrected chi connectivity index (χ3v) is 5.58. The number of aryl methyl sites for hydroxylation is 1. The van der Waals surface area contributed by atoms with Gasteiger partial charge in [-0.3, -0.25) is 10.4 Å². The summed E-state index contributed by atoms with van der Waals surface area (Å²) in [4.78, 5) is 17.8. The maximum Gasteiger partial charge on any atom is 0.472 e. The Hall–Kier alpha value is -3.30. The molecule has 0 aliphatic heterocycles. The number of hydrogen-bond acceptors (Lipinski definition) is 6. The van der Waals surface area contributed by atoms with E-state index in [1.807, 2.05) is 10.9 Å². The maximum absolute atomic E-state index is 11.0. The van der Waals surface area contributed by atoms with Gasteiger partial charge in [-0.15, -0.1) is 0 Å². The van der Waals surface area contributed by atoms with Crippen molar-refractivity contribution in [1.82, 2.24) is 14.9 Å². The number of rotatable bonds is 9. The Labute approximate surface area is 190 Å². The summed E-state index contributed by atoms with van der Waals surface area (Å²) in [5.74, 6) is 0.696. The average molecular weight is 470 g/mol. The van der Waals surface area contributed by atoms with E-state index in [2.05, 4.69) is 52.2 Å². The zero-order valence-electron chi connectivity index (χ0n) is 18.0. The molecule has 0 fully saturated rings. The van der Waals surface area contributed by atoms with Gasteiger partial charge in [-0.2, -0.15) is 5.10 Å². The second kappa shape index (κ2) is 9.68. The molecule has 0 saturated carbocycles. The zero-order valence-corrected chi connectivity index (χ0v) is 18.9. The summed E-state index contributed by atoms with van der Waals surface area (Å²) in [5, 5.41) is 8.45. The quantitative estimate of drug-likeness (QED) is 0.251. The number of nitrogen functional groups attached to an aromatic ring is 1. The largest absolute Gasteiger partial charge is 0.472 e. The highest BCUT2D eigenvalue weighted by atomic mass is 31.2. The molecule has 3 aromatic heterocycles. The highest BCUT2D eigenvalue weighted by molar-refractivity contribution is 7.46. The molecule has 0 aliphatic carbocycles. The van der Waals surface area contributed by atoms with Gasteiger partial charge in [0.05, 0.1) is 18.1 Å². The number of aromatic nitrogens is 4. The SMILES string of the molecule is CCn1cc(Cc2ccc(Cc3cc(-c4ccc[n+](COP(=O)(O)O)c4N)on3)cc2)cn1. The Morgan fingerprint density at radius 1 is 1.15 bits per heavy atom. The van der Waals surface area contributed by atoms with Crippen molar-refractivity contribution >= 4 is 13.6 Å². The standard InChI is InChI=1S/C22H24N5O5P/c1-2-27-14-18(13-24-27)10-16-5-7-17(8-6-16)11-19-12-21(32-25-19)20-4-3-9-26(22(20)23)15-31-33(28,29)30/h3-9,12-14,23H,2,10-11,15H2,1H3,(H2,28,29,30)/p+1. The fraction of sp³-hybridized carbons (Fsp3) is 0.227. The summed E-state index contributed by atoms with van der Waals surface area (Å²) in [6.07, 6.45) is 6.92. The number of hydrogen-bond donors (Lipinski definition) is 3. The number of benzene rings is 1. The van der Waals surface area contributed by atoms with Crippen LogP contribution in [0.2, 0.25) is 0 Å². The summed E-state index contributed by atoms with van der Waals surface area (Å²) < 4.78 is 24.2. The molecule has 1 aromatic carbocycles. The van der Waals surface area contributed by atoms with Gasteiger partial charge < -0.3 is 14.3 Å². The number of nitrogens with zero attached hydrogens (tertiary/aromatic N) is 4. The summed E-state index contributed by atoms with van der Waals surface area (Å²) >= 11 is 0. The van der Waals surface area contributed by atoms with Crippen LogP contribution in [-0.4, -0.2) is 24.7 Å². The normalized spacial score (nSPS) is 11.7. The lowest BCUT2D eigenvalue weighted by Crippen LogP contribution is -2.38. The second-order valence-corrected chi connectivity index (χ2v) is 8.82. The topological polar surface area (TPSA) is 141 Å². The van der Waals surface area contributed by atoms with Crippen LogP contribution in [0.3, 0.4) is 0 Å². The molecule has 0 spiro atoms. The Morgan fingerprint density at radius 2 is 1.88 bits per heavy atom. The van der Waals surface area contributed by atoms with Crippen molar-refractivity contribution in [2.75, 3.05) is 5.73 Å². The van der Waals surface area contributed by atoms with Gasteiger partial charge in [-0.25, -0.2) is 13.7 Å². The van der Waals surface area contributed by atoms with Gasteiger partial charge in [-0.1, -0.05) is 29.4 Å². The van der Waals surface area contributed by atoms with E-state index in [-0.39, 0.29) is 5.82 Å². The van der Waals surface area contributed by atoms with Crippen LogP contribution in [-0.2, 0) is 35.2 Å². The molecule has 4 aromatic rings. The maximum atomic E-state index is 11.0. The Balaban J connectivity index is 1.43. The van der Waals surface area contributed by atoms with E-state index in [1.165, 1.54) is 15.7 Å². The van der Waals surface area contributed by atoms with Crippen molar-refractivity contribution in [1.29, 1.82) is 0 Å². The first-order valence-electron chi connectivity index (χ1n) is 10.3. The summed E-state index contributed by atoms with van der Waals surface area (Å²) in [6, 6.07) is 13.5. The van der Waals surface area contributed by atoms with Gasteiger partial charge in [-0.05, 0) is 35.7 Å². The van der Waals surface area contributed by atoms with Gasteiger partial charge in [0, 0.05) is 31.6 Å². The average Bonchev–Trinajstić information content (AvgIpc) is 3.43. The number of phosphoric acid groups is 1. The van der Waals surface area contributed by atoms with E-state index < -0.39 is 14.6 Å². The molecule has 33 heavy (non-hydrogen) atoms. The lowest BCUT2D eigenvalue weighted by Gasteiger charge is -2.07. The van der Waals surface area contributed by atoms with Gasteiger partial charge >= 0.3 is 7.82 Å². The predicted molar refractivity (Wildman–Crippen MR) is 120 cm³/mol. The van der Waals surface area contributed by atoms with E-state index in [0.29, 0.717) is 17.7 Å². The smallest absolute Gasteiger partial charge is 0.356 e. The molecular weight excluding hydrogens is 445 g/mol. The Bertz CT molecular complexity index is 1280. The molecular formula is C22H25N5O5P+. The number of pyridine rings is 1. The summed E-state index contributed by atoms with van der Waals surface area (Å²) in [5.41, 5.74) is 10.9. The number of nitrogens with two attached hydrogens (primary N) is 1. The molecule has 0 atom stereocenters. The van der Waals surface area contributed by atoms with Crippen LogP contribution >= 0.6 is 7.82 Å². The van der Waals surface area contributed by atoms with E-state index in [4.69, 9.17) is 20.0 Å². The number of anilines is 1. The van der Waals surface area contributed by atoms with Crippen molar-refractivity contribution in [2.24, 2.45) is 0 Å². The summed E-state index contributed by atoms with van der Waals surface area (Å²) in [7, 11) is -4.61. The minimum atomic E-state index is -4.61. The molecule has 11 heteroatoms. The highest BCUT2D eigenvalue weighted by Gasteiger charge is 2.20. The first kappa shape index (κ1) is 22.9. The molecule has 172 valence electrons. The molecule has 0 saturated heterocycles. The van der Waals surface area contributed by atoms with E-state index in [9.17, 15) is 4.57 Å². The monoisotopic (exact) mass is 470 g/mol. The molecule has 10 nitrogen and oxygen atoms in total. The molecule has 3 heterocycles. The van der Waals surface area contributed by atoms with Crippen LogP contribution < -0.4 is 10.3 Å². The predicted octanol–water partition coefficient (Wildman–Crippen LogP) is 2.68. The number of phosphoric ester groups is 1. The molecule has 0 radical (unpaired) electrons. The molecule has 4 N–H and O–H groups in total. The summed E-state index contributed by atoms with van der Waals surface area (Å²) in [6.45, 7) is 2.52. The van der Waals surface area contributed by atoms with Crippen molar-refractivity contribution in [3.8, 4) is 11.3 Å². The second-order valence-electron chi connectivity index (χ2n) is 7.58. The zero-order chi connectivity index (χ0) is 23.4. The third kappa shape index (κ3) is 5.94. The fourth-order valence-electron chi connectivity index (χ4n) is 3.43. The lowest BCUT2D eigenvalue weighted by atomic mass is 10.0. The molecule has 0 amide bonds. The first-order valence-corrected chi connectivity index (χ1v) is 11.9. The Kier molecular flexibility index (Phi) is 6.71. The van der Waals surface area contributed by atoms with Crippen molar-refractivity contribution in [3.63, 3.8) is 0 Å². The minimum absolute atomic E-state index is 0.240. The lowest BCUT2D eigenvalue weighted by molar-refractivity contribution is -0.711. The van der Waals surface area contributed by atoms with E-state index in [0.717, 1.165) is 24.2 Å². The highest BCUT2D eigenvalue weighted by Crippen LogP contribution is 2.35. The van der Waals surface area contributed by atoms with Crippen LogP contribution in [0, 0.1) is 0 Å². The van der Waals surface area contributed by atoms with Crippen molar-refractivity contribution in [3.05, 3.63) is 83.4 Å². The van der Waals surface area contributed by atoms with Crippen molar-refractivity contribution < 1.29 is 28.0 Å². The van der Waals surface area contributed by atoms with Gasteiger partial charge in [0.1, 0.15) is 5.56 Å². The van der Waals surface area contributed by atoms with Gasteiger partial charge in [0.2, 0.25) is 6.73 Å². The minimum Gasteiger partial charge on any atom is -0.356 e. The molecule has 4 rings (SSSR count). The first-order chi connectivity index (χ1) is 15.8. The van der Waals surface area contributed by atoms with E-state index >= 15 is 0 Å². The van der Waals surface area contributed by atoms with Crippen LogP contribution in [0.1, 0.15) is 29.3 Å². The third-order valence-electron chi connectivity index (χ3n) is 5.13. The van der Waals surface area contributed by atoms with Crippen LogP contribution in [0.4, 0.5) is 5.82 Å². The Morgan fingerprint density at radius 3 is 2.55 bits per heavy atom. The van der Waals surface area contributed by atoms with Gasteiger partial charge in [0.25, 0.3) is 5.82 Å². The van der Waals surface area contributed by atoms with Crippen LogP contribution in [0.15, 0.2) is 65.6 Å². The molecule has 0 aliphatic rings. The molecule has 0 bridgehead atoms. The molecule has 0 unspecified atom stereocenters. The van der Waals surface area contributed by atoms with E-state index in [1.54, 1.807) is 24.4 Å². The van der Waals surface area contributed by atoms with Crippen LogP contribution in [0.25, 0.3) is 11.3 Å². The van der Waals surface area contributed by atoms with Crippen molar-refractivity contribution in [2.45, 2.75) is 33.0 Å². The fourth-order valence-corrected chi connectivity index (χ4v) is 3.71. The van der Waals surface area contributed by atoms with Crippen LogP contribution in [0.5, 0.6) is 0 Å².